The predicted molar refractivity (Wildman–Crippen MR) is 143 cm³/mol. The van der Waals surface area contributed by atoms with Crippen molar-refractivity contribution in [2.24, 2.45) is 4.99 Å². The fourth-order valence-corrected chi connectivity index (χ4v) is 6.17. The Hall–Kier alpha value is -2.26. The van der Waals surface area contributed by atoms with E-state index in [1.807, 2.05) is 66.7 Å². The van der Waals surface area contributed by atoms with Gasteiger partial charge in [0.05, 0.1) is 25.2 Å². The molecule has 0 bridgehead atoms. The molecule has 0 saturated carbocycles. The largest absolute Gasteiger partial charge is 0.506 e. The Morgan fingerprint density at radius 2 is 1.64 bits per heavy atom. The number of thiazole rings is 1. The van der Waals surface area contributed by atoms with Crippen molar-refractivity contribution in [1.82, 2.24) is 4.57 Å². The van der Waals surface area contributed by atoms with Crippen LogP contribution in [0.5, 0.6) is 5.75 Å². The van der Waals surface area contributed by atoms with Gasteiger partial charge in [-0.05, 0) is 85.0 Å². The van der Waals surface area contributed by atoms with E-state index in [-0.39, 0.29) is 17.4 Å². The number of benzene rings is 3. The second-order valence-electron chi connectivity index (χ2n) is 7.43. The zero-order valence-electron chi connectivity index (χ0n) is 16.9. The molecular weight excluding hydrogens is 632 g/mol. The third-order valence-electron chi connectivity index (χ3n) is 5.26. The summed E-state index contributed by atoms with van der Waals surface area (Å²) >= 11 is 11.6. The van der Waals surface area contributed by atoms with Gasteiger partial charge >= 0.3 is 0 Å². The summed E-state index contributed by atoms with van der Waals surface area (Å²) in [7, 11) is 0. The number of hydrogen-bond acceptors (Lipinski definition) is 4. The number of halogens is 3. The molecule has 1 unspecified atom stereocenters. The molecule has 1 aliphatic heterocycles. The van der Waals surface area contributed by atoms with Crippen LogP contribution in [0.3, 0.4) is 0 Å². The number of phenolic OH excluding ortho intramolecular Hbond substituents is 1. The molecule has 1 N–H and O–H groups in total. The number of allylic oxidation sites excluding steroid dienone is 1. The first kappa shape index (κ1) is 22.5. The minimum Gasteiger partial charge on any atom is -0.506 e. The van der Waals surface area contributed by atoms with Crippen molar-refractivity contribution in [3.05, 3.63) is 123 Å². The van der Waals surface area contributed by atoms with Gasteiger partial charge < -0.3 is 5.11 Å². The highest BCUT2D eigenvalue weighted by Gasteiger charge is 2.22. The summed E-state index contributed by atoms with van der Waals surface area (Å²) in [5.41, 5.74) is 3.54. The van der Waals surface area contributed by atoms with E-state index < -0.39 is 0 Å². The molecule has 1 aromatic heterocycles. The van der Waals surface area contributed by atoms with Crippen molar-refractivity contribution in [3.8, 4) is 5.75 Å². The summed E-state index contributed by atoms with van der Waals surface area (Å²) in [5.74, 6) is 0.122. The highest BCUT2D eigenvalue weighted by atomic mass is 79.9. The molecule has 4 aromatic rings. The molecule has 2 heterocycles. The lowest BCUT2D eigenvalue weighted by atomic mass is 10.0. The van der Waals surface area contributed by atoms with Crippen molar-refractivity contribution in [3.63, 3.8) is 0 Å². The summed E-state index contributed by atoms with van der Waals surface area (Å²) in [6, 6.07) is 21.3. The molecule has 5 rings (SSSR count). The van der Waals surface area contributed by atoms with E-state index in [1.165, 1.54) is 11.3 Å². The summed E-state index contributed by atoms with van der Waals surface area (Å²) in [5, 5.41) is 10.0. The first-order valence-electron chi connectivity index (χ1n) is 9.93. The van der Waals surface area contributed by atoms with Crippen molar-refractivity contribution >= 4 is 70.9 Å². The Bertz CT molecular complexity index is 1550. The highest BCUT2D eigenvalue weighted by molar-refractivity contribution is 9.11. The second-order valence-corrected chi connectivity index (χ2v) is 11.1. The molecule has 0 spiro atoms. The molecule has 0 aliphatic carbocycles. The Labute approximate surface area is 218 Å². The number of nitrogens with zero attached hydrogens (tertiary/aromatic N) is 2. The lowest BCUT2D eigenvalue weighted by Gasteiger charge is -2.19. The number of hydrogen-bond donors (Lipinski definition) is 1. The van der Waals surface area contributed by atoms with E-state index in [9.17, 15) is 9.90 Å². The van der Waals surface area contributed by atoms with Gasteiger partial charge in [-0.15, -0.1) is 0 Å². The Morgan fingerprint density at radius 1 is 0.970 bits per heavy atom. The summed E-state index contributed by atoms with van der Waals surface area (Å²) in [6.07, 6.45) is 3.86. The maximum Gasteiger partial charge on any atom is 0.271 e. The Balaban J connectivity index is 1.73. The topological polar surface area (TPSA) is 54.6 Å². The van der Waals surface area contributed by atoms with Crippen LogP contribution in [0.1, 0.15) is 22.7 Å². The molecule has 0 fully saturated rings. The SMILES string of the molecule is O=c1c(=Cc2cc(Br)c(O)c(Br)c2)sc2n1C(c1ccc(Br)cc1)C=C(c1ccccc1)N=2. The minimum atomic E-state index is -0.273. The van der Waals surface area contributed by atoms with Crippen molar-refractivity contribution in [2.45, 2.75) is 6.04 Å². The highest BCUT2D eigenvalue weighted by Crippen LogP contribution is 2.33. The van der Waals surface area contributed by atoms with Gasteiger partial charge in [-0.3, -0.25) is 9.36 Å². The van der Waals surface area contributed by atoms with E-state index in [2.05, 4.69) is 47.8 Å². The van der Waals surface area contributed by atoms with E-state index in [4.69, 9.17) is 4.99 Å². The van der Waals surface area contributed by atoms with E-state index in [0.29, 0.717) is 18.3 Å². The van der Waals surface area contributed by atoms with E-state index in [1.54, 1.807) is 16.7 Å². The van der Waals surface area contributed by atoms with E-state index in [0.717, 1.165) is 26.9 Å². The van der Waals surface area contributed by atoms with Gasteiger partial charge in [0, 0.05) is 4.47 Å². The van der Waals surface area contributed by atoms with E-state index >= 15 is 0 Å². The molecule has 4 nitrogen and oxygen atoms in total. The smallest absolute Gasteiger partial charge is 0.271 e. The standard InChI is InChI=1S/C25H15Br3N2O2S/c26-17-8-6-16(7-9-17)21-13-20(15-4-2-1-3-5-15)29-25-30(21)24(32)22(33-25)12-14-10-18(27)23(31)19(28)11-14/h1-13,21,31H. The van der Waals surface area contributed by atoms with Gasteiger partial charge in [0.2, 0.25) is 0 Å². The lowest BCUT2D eigenvalue weighted by Crippen LogP contribution is -2.36. The molecule has 33 heavy (non-hydrogen) atoms. The van der Waals surface area contributed by atoms with Crippen molar-refractivity contribution in [2.75, 3.05) is 0 Å². The third-order valence-corrected chi connectivity index (χ3v) is 7.99. The van der Waals surface area contributed by atoms with Crippen LogP contribution in [0.4, 0.5) is 0 Å². The van der Waals surface area contributed by atoms with Gasteiger partial charge in [0.1, 0.15) is 5.75 Å². The van der Waals surface area contributed by atoms with Crippen LogP contribution in [0, 0.1) is 0 Å². The zero-order valence-corrected chi connectivity index (χ0v) is 22.4. The minimum absolute atomic E-state index is 0.102. The van der Waals surface area contributed by atoms with Crippen LogP contribution in [0.25, 0.3) is 11.8 Å². The number of fused-ring (bicyclic) bond motifs is 1. The van der Waals surface area contributed by atoms with Crippen LogP contribution < -0.4 is 14.9 Å². The summed E-state index contributed by atoms with van der Waals surface area (Å²) in [6.45, 7) is 0. The summed E-state index contributed by atoms with van der Waals surface area (Å²) < 4.78 is 4.40. The second kappa shape index (κ2) is 9.18. The van der Waals surface area contributed by atoms with Crippen LogP contribution in [-0.4, -0.2) is 9.67 Å². The Morgan fingerprint density at radius 3 is 2.30 bits per heavy atom. The zero-order chi connectivity index (χ0) is 23.1. The van der Waals surface area contributed by atoms with Gasteiger partial charge in [-0.1, -0.05) is 69.7 Å². The molecule has 0 saturated heterocycles. The number of aromatic nitrogens is 1. The average Bonchev–Trinajstić information content (AvgIpc) is 3.13. The van der Waals surface area contributed by atoms with Crippen LogP contribution in [0.15, 0.2) is 96.0 Å². The maximum atomic E-state index is 13.5. The Kier molecular flexibility index (Phi) is 6.26. The van der Waals surface area contributed by atoms with Crippen LogP contribution in [-0.2, 0) is 0 Å². The molecule has 8 heteroatoms. The molecule has 3 aromatic carbocycles. The van der Waals surface area contributed by atoms with Crippen molar-refractivity contribution in [1.29, 1.82) is 0 Å². The van der Waals surface area contributed by atoms with Gasteiger partial charge in [-0.25, -0.2) is 4.99 Å². The van der Waals surface area contributed by atoms with Gasteiger partial charge in [0.25, 0.3) is 5.56 Å². The van der Waals surface area contributed by atoms with Gasteiger partial charge in [-0.2, -0.15) is 0 Å². The van der Waals surface area contributed by atoms with Crippen LogP contribution >= 0.6 is 59.1 Å². The van der Waals surface area contributed by atoms with Gasteiger partial charge in [0.15, 0.2) is 4.80 Å². The normalized spacial score (nSPS) is 15.7. The third kappa shape index (κ3) is 4.45. The average molecular weight is 647 g/mol. The maximum absolute atomic E-state index is 13.5. The number of phenols is 1. The quantitative estimate of drug-likeness (QED) is 0.297. The number of rotatable bonds is 3. The number of aromatic hydroxyl groups is 1. The first-order chi connectivity index (χ1) is 15.9. The lowest BCUT2D eigenvalue weighted by molar-refractivity contribution is 0.468. The fourth-order valence-electron chi connectivity index (χ4n) is 3.67. The first-order valence-corrected chi connectivity index (χ1v) is 13.1. The fraction of sp³-hybridized carbons (Fsp3) is 0.0400. The molecule has 1 aliphatic rings. The molecule has 0 radical (unpaired) electrons. The van der Waals surface area contributed by atoms with Crippen molar-refractivity contribution < 1.29 is 5.11 Å². The van der Waals surface area contributed by atoms with Crippen LogP contribution in [0.2, 0.25) is 0 Å². The predicted octanol–water partition coefficient (Wildman–Crippen LogP) is 6.00. The molecule has 0 amide bonds. The molecule has 1 atom stereocenters. The molecule has 164 valence electrons. The summed E-state index contributed by atoms with van der Waals surface area (Å²) in [4.78, 5) is 19.0. The molecular formula is C25H15Br3N2O2S. The monoisotopic (exact) mass is 644 g/mol.